The first kappa shape index (κ1) is 7.98. The van der Waals surface area contributed by atoms with Crippen LogP contribution in [0.5, 0.6) is 0 Å². The molecule has 4 nitrogen and oxygen atoms in total. The van der Waals surface area contributed by atoms with Crippen LogP contribution in [0.15, 0.2) is 0 Å². The number of hydrogen-bond acceptors (Lipinski definition) is 4. The summed E-state index contributed by atoms with van der Waals surface area (Å²) in [6, 6.07) is 0. The Hall–Kier alpha value is -0.0200. The third kappa shape index (κ3) is 1.84. The lowest BCUT2D eigenvalue weighted by molar-refractivity contribution is -0.139. The third-order valence-electron chi connectivity index (χ3n) is 0.676. The Bertz CT molecular complexity index is 79.4. The van der Waals surface area contributed by atoms with E-state index < -0.39 is 20.6 Å². The van der Waals surface area contributed by atoms with Gasteiger partial charge in [0.05, 0.1) is 0 Å². The van der Waals surface area contributed by atoms with Crippen molar-refractivity contribution in [1.29, 1.82) is 0 Å². The molecule has 5 heteroatoms. The second-order valence-electron chi connectivity index (χ2n) is 1.20. The summed E-state index contributed by atoms with van der Waals surface area (Å²) in [5.41, 5.74) is -1.90. The van der Waals surface area contributed by atoms with Crippen LogP contribution in [0.2, 0.25) is 0 Å². The SMILES string of the molecule is COC(O)(CO)P=O. The lowest BCUT2D eigenvalue weighted by atomic mass is 10.7. The predicted octanol–water partition coefficient (Wildman–Crippen LogP) is -0.437. The molecule has 0 aliphatic rings. The molecule has 0 aromatic rings. The summed E-state index contributed by atoms with van der Waals surface area (Å²) in [4.78, 5) is 0. The highest BCUT2D eigenvalue weighted by Crippen LogP contribution is 2.18. The average Bonchev–Trinajstić information content (AvgIpc) is 1.87. The van der Waals surface area contributed by atoms with Gasteiger partial charge in [0.1, 0.15) is 6.61 Å². The molecule has 1 atom stereocenters. The molecule has 1 unspecified atom stereocenters. The van der Waals surface area contributed by atoms with Crippen molar-refractivity contribution in [1.82, 2.24) is 0 Å². The second kappa shape index (κ2) is 3.10. The van der Waals surface area contributed by atoms with Crippen molar-refractivity contribution in [3.8, 4) is 0 Å². The van der Waals surface area contributed by atoms with Crippen LogP contribution in [0.4, 0.5) is 0 Å². The average molecular weight is 138 g/mol. The van der Waals surface area contributed by atoms with Crippen molar-refractivity contribution in [3.63, 3.8) is 0 Å². The Balaban J connectivity index is 3.76. The van der Waals surface area contributed by atoms with Crippen molar-refractivity contribution < 1.29 is 19.5 Å². The van der Waals surface area contributed by atoms with Crippen LogP contribution in [-0.2, 0) is 9.30 Å². The molecule has 0 bridgehead atoms. The van der Waals surface area contributed by atoms with E-state index in [0.29, 0.717) is 0 Å². The zero-order valence-electron chi connectivity index (χ0n) is 4.37. The fourth-order valence-electron chi connectivity index (χ4n) is 0.131. The van der Waals surface area contributed by atoms with Gasteiger partial charge in [0.15, 0.2) is 0 Å². The first-order valence-electron chi connectivity index (χ1n) is 1.91. The van der Waals surface area contributed by atoms with E-state index in [0.717, 1.165) is 7.11 Å². The molecule has 2 N–H and O–H groups in total. The molecule has 0 heterocycles. The van der Waals surface area contributed by atoms with Gasteiger partial charge in [-0.2, -0.15) is 0 Å². The van der Waals surface area contributed by atoms with Gasteiger partial charge in [-0.3, -0.25) is 4.57 Å². The topological polar surface area (TPSA) is 66.8 Å². The van der Waals surface area contributed by atoms with Crippen LogP contribution in [0.25, 0.3) is 0 Å². The first-order valence-corrected chi connectivity index (χ1v) is 2.72. The highest BCUT2D eigenvalue weighted by Gasteiger charge is 2.25. The van der Waals surface area contributed by atoms with Crippen LogP contribution in [0, 0.1) is 0 Å². The molecular formula is C3H7O4P. The third-order valence-corrected chi connectivity index (χ3v) is 1.28. The van der Waals surface area contributed by atoms with E-state index in [4.69, 9.17) is 10.2 Å². The lowest BCUT2D eigenvalue weighted by Crippen LogP contribution is -2.27. The summed E-state index contributed by atoms with van der Waals surface area (Å²) in [6.07, 6.45) is 0. The predicted molar refractivity (Wildman–Crippen MR) is 26.7 cm³/mol. The molecule has 0 aromatic heterocycles. The van der Waals surface area contributed by atoms with Crippen LogP contribution in [0.1, 0.15) is 0 Å². The summed E-state index contributed by atoms with van der Waals surface area (Å²) >= 11 is 0. The Morgan fingerprint density at radius 3 is 2.38 bits per heavy atom. The summed E-state index contributed by atoms with van der Waals surface area (Å²) in [5, 5.41) is 16.8. The van der Waals surface area contributed by atoms with E-state index in [1.165, 1.54) is 0 Å². The van der Waals surface area contributed by atoms with Crippen LogP contribution < -0.4 is 0 Å². The van der Waals surface area contributed by atoms with Gasteiger partial charge in [0, 0.05) is 7.11 Å². The van der Waals surface area contributed by atoms with Gasteiger partial charge in [-0.15, -0.1) is 0 Å². The number of hydrogen-bond donors (Lipinski definition) is 2. The molecule has 0 saturated heterocycles. The minimum Gasteiger partial charge on any atom is -0.390 e. The normalized spacial score (nSPS) is 18.4. The standard InChI is InChI=1S/C3H7O4P/c1-7-3(5,2-4)8-6/h4-5H,2H2,1H3. The number of aliphatic hydroxyl groups is 2. The fraction of sp³-hybridized carbons (Fsp3) is 1.00. The van der Waals surface area contributed by atoms with Gasteiger partial charge in [-0.1, -0.05) is 0 Å². The molecular weight excluding hydrogens is 131 g/mol. The highest BCUT2D eigenvalue weighted by atomic mass is 31.1. The zero-order chi connectivity index (χ0) is 6.62. The van der Waals surface area contributed by atoms with E-state index in [-0.39, 0.29) is 0 Å². The van der Waals surface area contributed by atoms with Crippen molar-refractivity contribution >= 4 is 8.46 Å². The van der Waals surface area contributed by atoms with Gasteiger partial charge >= 0.3 is 0 Å². The monoisotopic (exact) mass is 138 g/mol. The number of rotatable bonds is 3. The van der Waals surface area contributed by atoms with Gasteiger partial charge in [-0.05, 0) is 0 Å². The zero-order valence-corrected chi connectivity index (χ0v) is 5.26. The first-order chi connectivity index (χ1) is 3.68. The molecule has 0 aliphatic carbocycles. The summed E-state index contributed by atoms with van der Waals surface area (Å²) in [5.74, 6) is 0. The minimum atomic E-state index is -1.90. The van der Waals surface area contributed by atoms with Crippen LogP contribution >= 0.6 is 8.46 Å². The Morgan fingerprint density at radius 1 is 1.88 bits per heavy atom. The maximum Gasteiger partial charge on any atom is 0.272 e. The maximum atomic E-state index is 9.85. The quantitative estimate of drug-likeness (QED) is 0.410. The van der Waals surface area contributed by atoms with E-state index >= 15 is 0 Å². The van der Waals surface area contributed by atoms with Gasteiger partial charge in [0.2, 0.25) is 8.46 Å². The summed E-state index contributed by atoms with van der Waals surface area (Å²) in [7, 11) is 0.524. The molecule has 0 aromatic carbocycles. The molecule has 0 saturated carbocycles. The van der Waals surface area contributed by atoms with Gasteiger partial charge in [0.25, 0.3) is 5.53 Å². The van der Waals surface area contributed by atoms with E-state index in [1.54, 1.807) is 0 Å². The summed E-state index contributed by atoms with van der Waals surface area (Å²) < 4.78 is 14.1. The molecule has 0 amide bonds. The van der Waals surface area contributed by atoms with Crippen molar-refractivity contribution in [2.75, 3.05) is 13.7 Å². The van der Waals surface area contributed by atoms with Crippen molar-refractivity contribution in [2.45, 2.75) is 5.53 Å². The van der Waals surface area contributed by atoms with E-state index in [1.807, 2.05) is 0 Å². The van der Waals surface area contributed by atoms with Gasteiger partial charge < -0.3 is 14.9 Å². The van der Waals surface area contributed by atoms with E-state index in [2.05, 4.69) is 4.74 Å². The number of methoxy groups -OCH3 is 1. The molecule has 48 valence electrons. The second-order valence-corrected chi connectivity index (χ2v) is 2.08. The largest absolute Gasteiger partial charge is 0.390 e. The van der Waals surface area contributed by atoms with Crippen molar-refractivity contribution in [2.24, 2.45) is 0 Å². The fourth-order valence-corrected chi connectivity index (χ4v) is 0.263. The van der Waals surface area contributed by atoms with E-state index in [9.17, 15) is 4.57 Å². The lowest BCUT2D eigenvalue weighted by Gasteiger charge is -2.13. The molecule has 0 radical (unpaired) electrons. The Kier molecular flexibility index (Phi) is 3.09. The Morgan fingerprint density at radius 2 is 2.38 bits per heavy atom. The molecule has 0 fully saturated rings. The number of aliphatic hydroxyl groups excluding tert-OH is 1. The molecule has 0 rings (SSSR count). The molecule has 8 heavy (non-hydrogen) atoms. The maximum absolute atomic E-state index is 9.85. The van der Waals surface area contributed by atoms with Crippen LogP contribution in [0.3, 0.4) is 0 Å². The van der Waals surface area contributed by atoms with Crippen LogP contribution in [-0.4, -0.2) is 29.5 Å². The van der Waals surface area contributed by atoms with Crippen molar-refractivity contribution in [3.05, 3.63) is 0 Å². The highest BCUT2D eigenvalue weighted by molar-refractivity contribution is 7.25. The Labute approximate surface area is 48.3 Å². The molecule has 0 aliphatic heterocycles. The minimum absolute atomic E-state index is 0.630. The van der Waals surface area contributed by atoms with Gasteiger partial charge in [-0.25, -0.2) is 0 Å². The smallest absolute Gasteiger partial charge is 0.272 e. The summed E-state index contributed by atoms with van der Waals surface area (Å²) in [6.45, 7) is -0.672. The number of ether oxygens (including phenoxy) is 1. The molecule has 0 spiro atoms.